The second-order valence-electron chi connectivity index (χ2n) is 4.54. The second-order valence-corrected chi connectivity index (χ2v) is 5.38. The summed E-state index contributed by atoms with van der Waals surface area (Å²) in [7, 11) is 0. The molecule has 0 aromatic heterocycles. The molecule has 0 saturated heterocycles. The molecule has 6 nitrogen and oxygen atoms in total. The molecule has 0 atom stereocenters. The fourth-order valence-corrected chi connectivity index (χ4v) is 2.12. The monoisotopic (exact) mass is 360 g/mol. The van der Waals surface area contributed by atoms with E-state index in [2.05, 4.69) is 15.8 Å². The van der Waals surface area contributed by atoms with Crippen molar-refractivity contribution < 1.29 is 4.92 Å². The number of nitro groups is 1. The van der Waals surface area contributed by atoms with Crippen LogP contribution in [-0.4, -0.2) is 16.3 Å². The van der Waals surface area contributed by atoms with Gasteiger partial charge < -0.3 is 5.32 Å². The number of hydrogen-bond acceptors (Lipinski definition) is 4. The summed E-state index contributed by atoms with van der Waals surface area (Å²) in [6.45, 7) is 0. The first kappa shape index (κ1) is 17.6. The Hall–Kier alpha value is -2.77. The van der Waals surface area contributed by atoms with Gasteiger partial charge in [0.05, 0.1) is 16.2 Å². The third kappa shape index (κ3) is 5.45. The van der Waals surface area contributed by atoms with Gasteiger partial charge in [0, 0.05) is 6.07 Å². The molecule has 0 spiro atoms. The minimum atomic E-state index is -0.492. The Balaban J connectivity index is 1.94. The highest BCUT2D eigenvalue weighted by atomic mass is 35.5. The highest BCUT2D eigenvalue weighted by molar-refractivity contribution is 7.80. The summed E-state index contributed by atoms with van der Waals surface area (Å²) in [6, 6.07) is 15.7. The van der Waals surface area contributed by atoms with E-state index in [4.69, 9.17) is 23.8 Å². The molecule has 122 valence electrons. The van der Waals surface area contributed by atoms with Gasteiger partial charge in [0.25, 0.3) is 5.69 Å². The van der Waals surface area contributed by atoms with Gasteiger partial charge in [-0.25, -0.2) is 0 Å². The number of nitrogens with zero attached hydrogens (tertiary/aromatic N) is 2. The van der Waals surface area contributed by atoms with Crippen LogP contribution in [0.5, 0.6) is 0 Å². The molecule has 0 radical (unpaired) electrons. The normalized spacial score (nSPS) is 11.3. The van der Waals surface area contributed by atoms with E-state index in [1.54, 1.807) is 24.3 Å². The van der Waals surface area contributed by atoms with Crippen LogP contribution in [0, 0.1) is 10.1 Å². The Morgan fingerprint density at radius 2 is 1.83 bits per heavy atom. The number of nitrogens with one attached hydrogen (secondary N) is 2. The van der Waals surface area contributed by atoms with Gasteiger partial charge in [-0.15, -0.1) is 0 Å². The van der Waals surface area contributed by atoms with E-state index in [-0.39, 0.29) is 16.5 Å². The number of hydrogen-bond donors (Lipinski definition) is 2. The lowest BCUT2D eigenvalue weighted by Gasteiger charge is -2.07. The van der Waals surface area contributed by atoms with Gasteiger partial charge in [-0.3, -0.25) is 15.5 Å². The maximum absolute atomic E-state index is 10.9. The van der Waals surface area contributed by atoms with Crippen molar-refractivity contribution in [2.45, 2.75) is 0 Å². The second kappa shape index (κ2) is 8.76. The van der Waals surface area contributed by atoms with Gasteiger partial charge in [0.2, 0.25) is 0 Å². The summed E-state index contributed by atoms with van der Waals surface area (Å²) in [5.41, 5.74) is 3.70. The topological polar surface area (TPSA) is 79.6 Å². The van der Waals surface area contributed by atoms with Gasteiger partial charge in [0.15, 0.2) is 5.11 Å². The molecular weight excluding hydrogens is 348 g/mol. The minimum absolute atomic E-state index is 0.0763. The summed E-state index contributed by atoms with van der Waals surface area (Å²) < 4.78 is 0. The first-order chi connectivity index (χ1) is 11.6. The average Bonchev–Trinajstić information content (AvgIpc) is 2.56. The number of halogens is 1. The van der Waals surface area contributed by atoms with Crippen molar-refractivity contribution in [1.82, 2.24) is 5.43 Å². The molecule has 0 saturated carbocycles. The smallest absolute Gasteiger partial charge is 0.292 e. The predicted molar refractivity (Wildman–Crippen MR) is 101 cm³/mol. The van der Waals surface area contributed by atoms with Crippen LogP contribution in [0.3, 0.4) is 0 Å². The van der Waals surface area contributed by atoms with Crippen LogP contribution in [0.2, 0.25) is 0 Å². The Kier molecular flexibility index (Phi) is 6.41. The number of benzene rings is 2. The van der Waals surface area contributed by atoms with E-state index < -0.39 is 4.92 Å². The van der Waals surface area contributed by atoms with Gasteiger partial charge in [-0.1, -0.05) is 54.1 Å². The number of thiocarbonyl (C=S) groups is 1. The minimum Gasteiger partial charge on any atom is -0.326 e. The molecule has 24 heavy (non-hydrogen) atoms. The van der Waals surface area contributed by atoms with E-state index in [1.807, 2.05) is 30.3 Å². The zero-order chi connectivity index (χ0) is 17.4. The maximum Gasteiger partial charge on any atom is 0.292 e. The van der Waals surface area contributed by atoms with Crippen LogP contribution in [-0.2, 0) is 0 Å². The molecule has 0 amide bonds. The van der Waals surface area contributed by atoms with E-state index in [0.717, 1.165) is 5.56 Å². The van der Waals surface area contributed by atoms with Crippen molar-refractivity contribution in [3.05, 3.63) is 75.3 Å². The van der Waals surface area contributed by atoms with Gasteiger partial charge in [-0.05, 0) is 29.9 Å². The molecule has 0 bridgehead atoms. The van der Waals surface area contributed by atoms with E-state index in [1.165, 1.54) is 12.3 Å². The number of anilines is 1. The molecule has 0 unspecified atom stereocenters. The van der Waals surface area contributed by atoms with E-state index >= 15 is 0 Å². The van der Waals surface area contributed by atoms with Crippen molar-refractivity contribution in [2.24, 2.45) is 5.10 Å². The lowest BCUT2D eigenvalue weighted by atomic mass is 10.2. The van der Waals surface area contributed by atoms with Crippen LogP contribution in [0.15, 0.2) is 64.7 Å². The number of hydrazone groups is 1. The first-order valence-corrected chi connectivity index (χ1v) is 7.60. The largest absolute Gasteiger partial charge is 0.326 e. The van der Waals surface area contributed by atoms with Crippen molar-refractivity contribution in [3.8, 4) is 0 Å². The number of allylic oxidation sites excluding steroid dienone is 1. The molecule has 0 aliphatic heterocycles. The first-order valence-electron chi connectivity index (χ1n) is 6.82. The van der Waals surface area contributed by atoms with Crippen LogP contribution < -0.4 is 10.7 Å². The quantitative estimate of drug-likeness (QED) is 0.362. The fourth-order valence-electron chi connectivity index (χ4n) is 1.79. The predicted octanol–water partition coefficient (Wildman–Crippen LogP) is 4.15. The lowest BCUT2D eigenvalue weighted by Crippen LogP contribution is -2.24. The summed E-state index contributed by atoms with van der Waals surface area (Å²) >= 11 is 11.1. The molecule has 0 heterocycles. The highest BCUT2D eigenvalue weighted by Gasteiger charge is 2.12. The Labute approximate surface area is 149 Å². The molecule has 2 rings (SSSR count). The summed E-state index contributed by atoms with van der Waals surface area (Å²) in [4.78, 5) is 10.4. The number of para-hydroxylation sites is 2. The van der Waals surface area contributed by atoms with Gasteiger partial charge in [0.1, 0.15) is 5.69 Å². The summed E-state index contributed by atoms with van der Waals surface area (Å²) in [6.07, 6.45) is 3.13. The van der Waals surface area contributed by atoms with Crippen LogP contribution in [0.25, 0.3) is 6.08 Å². The third-order valence-corrected chi connectivity index (χ3v) is 3.21. The molecule has 0 aliphatic carbocycles. The lowest BCUT2D eigenvalue weighted by molar-refractivity contribution is -0.383. The van der Waals surface area contributed by atoms with Crippen LogP contribution in [0.1, 0.15) is 5.56 Å². The van der Waals surface area contributed by atoms with E-state index in [9.17, 15) is 10.1 Å². The molecular formula is C16H13ClN4O2S. The van der Waals surface area contributed by atoms with Crippen molar-refractivity contribution in [1.29, 1.82) is 0 Å². The number of rotatable bonds is 5. The Morgan fingerprint density at radius 3 is 2.54 bits per heavy atom. The molecule has 8 heteroatoms. The molecule has 2 aromatic carbocycles. The Morgan fingerprint density at radius 1 is 1.17 bits per heavy atom. The molecule has 0 fully saturated rings. The van der Waals surface area contributed by atoms with Crippen molar-refractivity contribution >= 4 is 52.6 Å². The highest BCUT2D eigenvalue weighted by Crippen LogP contribution is 2.22. The standard InChI is InChI=1S/C16H13ClN4O2S/c17-13(10-12-6-2-1-3-7-12)11-18-20-16(24)19-14-8-4-5-9-15(14)21(22)23/h1-11H,(H2,19,20,24). The zero-order valence-corrected chi connectivity index (χ0v) is 13.9. The van der Waals surface area contributed by atoms with Crippen LogP contribution in [0.4, 0.5) is 11.4 Å². The van der Waals surface area contributed by atoms with Gasteiger partial charge in [-0.2, -0.15) is 5.10 Å². The van der Waals surface area contributed by atoms with Crippen molar-refractivity contribution in [3.63, 3.8) is 0 Å². The average molecular weight is 361 g/mol. The SMILES string of the molecule is O=[N+]([O-])c1ccccc1NC(=S)NN=CC(Cl)=Cc1ccccc1. The molecule has 2 aromatic rings. The number of nitro benzene ring substituents is 1. The maximum atomic E-state index is 10.9. The van der Waals surface area contributed by atoms with Crippen molar-refractivity contribution in [2.75, 3.05) is 5.32 Å². The van der Waals surface area contributed by atoms with Gasteiger partial charge >= 0.3 is 0 Å². The molecule has 0 aliphatic rings. The zero-order valence-electron chi connectivity index (χ0n) is 12.3. The third-order valence-electron chi connectivity index (χ3n) is 2.81. The Bertz CT molecular complexity index is 794. The summed E-state index contributed by atoms with van der Waals surface area (Å²) in [5.74, 6) is 0. The molecule has 2 N–H and O–H groups in total. The fraction of sp³-hybridized carbons (Fsp3) is 0. The van der Waals surface area contributed by atoms with Crippen LogP contribution >= 0.6 is 23.8 Å². The van der Waals surface area contributed by atoms with E-state index in [0.29, 0.717) is 5.03 Å². The summed E-state index contributed by atoms with van der Waals surface area (Å²) in [5, 5.41) is 18.1.